The molecule has 1 atom stereocenters. The van der Waals surface area contributed by atoms with E-state index in [1.807, 2.05) is 13.1 Å². The highest BCUT2D eigenvalue weighted by molar-refractivity contribution is 5.85. The molecule has 1 heterocycles. The molecule has 0 aliphatic carbocycles. The van der Waals surface area contributed by atoms with Crippen LogP contribution in [0.4, 0.5) is 4.39 Å². The second-order valence-electron chi connectivity index (χ2n) is 3.91. The molecule has 0 aliphatic heterocycles. The number of methoxy groups -OCH3 is 1. The first-order valence-electron chi connectivity index (χ1n) is 5.22. The standard InChI is InChI=1S/C12H15FN2O/c1-7(5-14)9-6-15-11-4-10(13)12(16-2)3-8(9)11/h3-4,6-7,15H,5,14H2,1-2H3/t7-/m0/s1. The van der Waals surface area contributed by atoms with Crippen molar-refractivity contribution in [3.63, 3.8) is 0 Å². The monoisotopic (exact) mass is 222 g/mol. The highest BCUT2D eigenvalue weighted by Gasteiger charge is 2.13. The van der Waals surface area contributed by atoms with Gasteiger partial charge in [0.25, 0.3) is 0 Å². The Labute approximate surface area is 93.4 Å². The summed E-state index contributed by atoms with van der Waals surface area (Å²) in [7, 11) is 1.46. The highest BCUT2D eigenvalue weighted by Crippen LogP contribution is 2.30. The predicted octanol–water partition coefficient (Wildman–Crippen LogP) is 2.38. The Bertz CT molecular complexity index is 507. The number of fused-ring (bicyclic) bond motifs is 1. The van der Waals surface area contributed by atoms with Gasteiger partial charge < -0.3 is 15.5 Å². The Morgan fingerprint density at radius 2 is 2.25 bits per heavy atom. The zero-order valence-electron chi connectivity index (χ0n) is 9.38. The van der Waals surface area contributed by atoms with Crippen LogP contribution in [-0.2, 0) is 0 Å². The van der Waals surface area contributed by atoms with E-state index in [1.165, 1.54) is 13.2 Å². The molecule has 0 aliphatic rings. The smallest absolute Gasteiger partial charge is 0.167 e. The van der Waals surface area contributed by atoms with Gasteiger partial charge in [-0.2, -0.15) is 0 Å². The number of ether oxygens (including phenoxy) is 1. The van der Waals surface area contributed by atoms with Crippen molar-refractivity contribution in [1.29, 1.82) is 0 Å². The Hall–Kier alpha value is -1.55. The third-order valence-electron chi connectivity index (χ3n) is 2.87. The van der Waals surface area contributed by atoms with Crippen LogP contribution in [0.15, 0.2) is 18.3 Å². The van der Waals surface area contributed by atoms with E-state index < -0.39 is 0 Å². The van der Waals surface area contributed by atoms with Gasteiger partial charge in [0.05, 0.1) is 7.11 Å². The lowest BCUT2D eigenvalue weighted by atomic mass is 10.0. The number of benzene rings is 1. The minimum Gasteiger partial charge on any atom is -0.494 e. The maximum absolute atomic E-state index is 13.4. The van der Waals surface area contributed by atoms with E-state index in [-0.39, 0.29) is 17.5 Å². The number of hydrogen-bond donors (Lipinski definition) is 2. The van der Waals surface area contributed by atoms with Gasteiger partial charge in [-0.1, -0.05) is 6.92 Å². The van der Waals surface area contributed by atoms with Crippen LogP contribution in [0, 0.1) is 5.82 Å². The number of rotatable bonds is 3. The van der Waals surface area contributed by atoms with Gasteiger partial charge in [-0.05, 0) is 24.1 Å². The first-order valence-corrected chi connectivity index (χ1v) is 5.22. The maximum Gasteiger partial charge on any atom is 0.167 e. The van der Waals surface area contributed by atoms with E-state index in [4.69, 9.17) is 10.5 Å². The summed E-state index contributed by atoms with van der Waals surface area (Å²) in [4.78, 5) is 3.04. The molecule has 0 saturated carbocycles. The molecule has 0 unspecified atom stereocenters. The van der Waals surface area contributed by atoms with Crippen LogP contribution in [0.5, 0.6) is 5.75 Å². The Morgan fingerprint density at radius 1 is 1.50 bits per heavy atom. The summed E-state index contributed by atoms with van der Waals surface area (Å²) in [6, 6.07) is 3.16. The molecule has 3 N–H and O–H groups in total. The Morgan fingerprint density at radius 3 is 2.88 bits per heavy atom. The van der Waals surface area contributed by atoms with Gasteiger partial charge in [-0.15, -0.1) is 0 Å². The minimum absolute atomic E-state index is 0.240. The molecule has 2 rings (SSSR count). The summed E-state index contributed by atoms with van der Waals surface area (Å²) in [6.07, 6.45) is 1.88. The largest absolute Gasteiger partial charge is 0.494 e. The normalized spacial score (nSPS) is 13.0. The Kier molecular flexibility index (Phi) is 2.83. The number of aromatic amines is 1. The van der Waals surface area contributed by atoms with Crippen LogP contribution >= 0.6 is 0 Å². The zero-order chi connectivity index (χ0) is 11.7. The van der Waals surface area contributed by atoms with Crippen molar-refractivity contribution >= 4 is 10.9 Å². The molecule has 4 heteroatoms. The lowest BCUT2D eigenvalue weighted by molar-refractivity contribution is 0.387. The topological polar surface area (TPSA) is 51.0 Å². The molecule has 2 aromatic rings. The molecule has 0 spiro atoms. The molecule has 16 heavy (non-hydrogen) atoms. The third-order valence-corrected chi connectivity index (χ3v) is 2.87. The van der Waals surface area contributed by atoms with Crippen LogP contribution < -0.4 is 10.5 Å². The van der Waals surface area contributed by atoms with Crippen LogP contribution in [0.2, 0.25) is 0 Å². The van der Waals surface area contributed by atoms with Gasteiger partial charge >= 0.3 is 0 Å². The second-order valence-corrected chi connectivity index (χ2v) is 3.91. The fourth-order valence-corrected chi connectivity index (χ4v) is 1.84. The number of nitrogens with two attached hydrogens (primary N) is 1. The molecule has 0 saturated heterocycles. The summed E-state index contributed by atoms with van der Waals surface area (Å²) in [5, 5.41) is 0.969. The van der Waals surface area contributed by atoms with Gasteiger partial charge in [0.2, 0.25) is 0 Å². The maximum atomic E-state index is 13.4. The van der Waals surface area contributed by atoms with E-state index in [2.05, 4.69) is 4.98 Å². The lowest BCUT2D eigenvalue weighted by Crippen LogP contribution is -2.08. The molecule has 0 bridgehead atoms. The molecule has 1 aromatic carbocycles. The fourth-order valence-electron chi connectivity index (χ4n) is 1.84. The average molecular weight is 222 g/mol. The van der Waals surface area contributed by atoms with E-state index in [9.17, 15) is 4.39 Å². The predicted molar refractivity (Wildman–Crippen MR) is 62.3 cm³/mol. The quantitative estimate of drug-likeness (QED) is 0.837. The summed E-state index contributed by atoms with van der Waals surface area (Å²) in [5.74, 6) is 0.144. The molecule has 0 amide bonds. The molecule has 1 aromatic heterocycles. The van der Waals surface area contributed by atoms with Crippen molar-refractivity contribution in [3.8, 4) is 5.75 Å². The molecule has 3 nitrogen and oxygen atoms in total. The van der Waals surface area contributed by atoms with Gasteiger partial charge in [0.1, 0.15) is 0 Å². The summed E-state index contributed by atoms with van der Waals surface area (Å²) >= 11 is 0. The van der Waals surface area contributed by atoms with E-state index >= 15 is 0 Å². The van der Waals surface area contributed by atoms with Crippen molar-refractivity contribution in [2.45, 2.75) is 12.8 Å². The number of halogens is 1. The van der Waals surface area contributed by atoms with Gasteiger partial charge in [0, 0.05) is 23.2 Å². The Balaban J connectivity index is 2.62. The van der Waals surface area contributed by atoms with E-state index in [1.54, 1.807) is 6.07 Å². The first kappa shape index (κ1) is 11.0. The van der Waals surface area contributed by atoms with Crippen LogP contribution in [-0.4, -0.2) is 18.6 Å². The van der Waals surface area contributed by atoms with E-state index in [0.717, 1.165) is 16.5 Å². The van der Waals surface area contributed by atoms with Crippen LogP contribution in [0.25, 0.3) is 10.9 Å². The number of aromatic nitrogens is 1. The van der Waals surface area contributed by atoms with Gasteiger partial charge in [-0.3, -0.25) is 0 Å². The summed E-state index contributed by atoms with van der Waals surface area (Å²) in [6.45, 7) is 2.60. The zero-order valence-corrected chi connectivity index (χ0v) is 9.38. The SMILES string of the molecule is COc1cc2c([C@@H](C)CN)c[nH]c2cc1F. The van der Waals surface area contributed by atoms with Gasteiger partial charge in [-0.25, -0.2) is 4.39 Å². The van der Waals surface area contributed by atoms with Crippen LogP contribution in [0.3, 0.4) is 0 Å². The minimum atomic E-state index is -0.358. The molecule has 0 radical (unpaired) electrons. The molecule has 0 fully saturated rings. The lowest BCUT2D eigenvalue weighted by Gasteiger charge is -2.07. The molecular formula is C12H15FN2O. The molecule has 86 valence electrons. The van der Waals surface area contributed by atoms with E-state index in [0.29, 0.717) is 6.54 Å². The second kappa shape index (κ2) is 4.14. The highest BCUT2D eigenvalue weighted by atomic mass is 19.1. The van der Waals surface area contributed by atoms with Crippen molar-refractivity contribution in [1.82, 2.24) is 4.98 Å². The first-order chi connectivity index (χ1) is 7.67. The van der Waals surface area contributed by atoms with Crippen LogP contribution in [0.1, 0.15) is 18.4 Å². The van der Waals surface area contributed by atoms with Crippen molar-refractivity contribution in [2.75, 3.05) is 13.7 Å². The average Bonchev–Trinajstić information content (AvgIpc) is 2.69. The fraction of sp³-hybridized carbons (Fsp3) is 0.333. The summed E-state index contributed by atoms with van der Waals surface area (Å²) < 4.78 is 18.4. The number of hydrogen-bond acceptors (Lipinski definition) is 2. The number of H-pyrrole nitrogens is 1. The molecular weight excluding hydrogens is 207 g/mol. The van der Waals surface area contributed by atoms with Crippen molar-refractivity contribution < 1.29 is 9.13 Å². The van der Waals surface area contributed by atoms with Crippen molar-refractivity contribution in [2.24, 2.45) is 5.73 Å². The third kappa shape index (κ3) is 1.65. The summed E-state index contributed by atoms with van der Waals surface area (Å²) in [5.41, 5.74) is 7.50. The van der Waals surface area contributed by atoms with Crippen molar-refractivity contribution in [3.05, 3.63) is 29.7 Å². The van der Waals surface area contributed by atoms with Gasteiger partial charge in [0.15, 0.2) is 11.6 Å². The number of nitrogens with one attached hydrogen (secondary N) is 1.